The third-order valence-electron chi connectivity index (χ3n) is 7.17. The van der Waals surface area contributed by atoms with Crippen LogP contribution in [0.1, 0.15) is 55.5 Å². The number of ether oxygens (including phenoxy) is 1. The van der Waals surface area contributed by atoms with Crippen molar-refractivity contribution >= 4 is 45.1 Å². The fraction of sp³-hybridized carbons (Fsp3) is 0.481. The zero-order valence-electron chi connectivity index (χ0n) is 22.7. The molecule has 38 heavy (non-hydrogen) atoms. The van der Waals surface area contributed by atoms with Crippen molar-refractivity contribution < 1.29 is 19.1 Å². The molecule has 0 unspecified atom stereocenters. The number of thiazole rings is 1. The smallest absolute Gasteiger partial charge is 0.263 e. The molecular formula is C27H34N6O4S. The highest BCUT2D eigenvalue weighted by molar-refractivity contribution is 7.17. The van der Waals surface area contributed by atoms with E-state index in [1.165, 1.54) is 16.2 Å². The van der Waals surface area contributed by atoms with Crippen LogP contribution in [-0.2, 0) is 24.6 Å². The fourth-order valence-corrected chi connectivity index (χ4v) is 6.47. The van der Waals surface area contributed by atoms with Gasteiger partial charge in [-0.15, -0.1) is 0 Å². The molecule has 5 rings (SSSR count). The SMILES string of the molecule is CNC(=O)c1cc(C(=O)N(C)C)cc2c(C[C@H]3COCCN3c3nc4c(s3)C(=O)NC(C)(C)C4)cn(C)c12. The third-order valence-corrected chi connectivity index (χ3v) is 8.30. The Hall–Kier alpha value is -3.44. The van der Waals surface area contributed by atoms with Gasteiger partial charge in [-0.1, -0.05) is 11.3 Å². The maximum atomic E-state index is 12.9. The highest BCUT2D eigenvalue weighted by atomic mass is 32.1. The van der Waals surface area contributed by atoms with E-state index in [-0.39, 0.29) is 29.3 Å². The van der Waals surface area contributed by atoms with Crippen LogP contribution in [0.15, 0.2) is 18.3 Å². The molecular weight excluding hydrogens is 504 g/mol. The second kappa shape index (κ2) is 9.70. The number of morpholine rings is 1. The monoisotopic (exact) mass is 538 g/mol. The normalized spacial score (nSPS) is 18.7. The maximum Gasteiger partial charge on any atom is 0.263 e. The number of anilines is 1. The molecule has 10 nitrogen and oxygen atoms in total. The van der Waals surface area contributed by atoms with Gasteiger partial charge in [-0.25, -0.2) is 4.98 Å². The summed E-state index contributed by atoms with van der Waals surface area (Å²) < 4.78 is 7.82. The molecule has 1 saturated heterocycles. The van der Waals surface area contributed by atoms with Gasteiger partial charge in [0.05, 0.1) is 36.0 Å². The summed E-state index contributed by atoms with van der Waals surface area (Å²) >= 11 is 1.43. The average molecular weight is 539 g/mol. The van der Waals surface area contributed by atoms with Crippen molar-refractivity contribution in [2.45, 2.75) is 38.3 Å². The van der Waals surface area contributed by atoms with Crippen molar-refractivity contribution in [1.29, 1.82) is 0 Å². The predicted octanol–water partition coefficient (Wildman–Crippen LogP) is 2.21. The molecule has 0 radical (unpaired) electrons. The van der Waals surface area contributed by atoms with Crippen LogP contribution < -0.4 is 15.5 Å². The van der Waals surface area contributed by atoms with Crippen LogP contribution in [0.3, 0.4) is 0 Å². The molecule has 2 aromatic heterocycles. The van der Waals surface area contributed by atoms with Crippen molar-refractivity contribution in [3.63, 3.8) is 0 Å². The van der Waals surface area contributed by atoms with Gasteiger partial charge in [-0.3, -0.25) is 14.4 Å². The molecule has 3 aromatic rings. The number of amides is 3. The van der Waals surface area contributed by atoms with Crippen LogP contribution in [0.2, 0.25) is 0 Å². The average Bonchev–Trinajstić information content (AvgIpc) is 3.43. The molecule has 1 fully saturated rings. The Morgan fingerprint density at radius 1 is 1.32 bits per heavy atom. The van der Waals surface area contributed by atoms with Gasteiger partial charge in [0.15, 0.2) is 5.13 Å². The number of nitrogens with zero attached hydrogens (tertiary/aromatic N) is 4. The van der Waals surface area contributed by atoms with Crippen LogP contribution in [-0.4, -0.2) is 84.7 Å². The van der Waals surface area contributed by atoms with Crippen molar-refractivity contribution in [3.05, 3.63) is 45.6 Å². The minimum absolute atomic E-state index is 0.0188. The van der Waals surface area contributed by atoms with Crippen LogP contribution >= 0.6 is 11.3 Å². The minimum atomic E-state index is -0.326. The Bertz CT molecular complexity index is 1440. The number of carbonyl (C=O) groups is 3. The number of hydrogen-bond acceptors (Lipinski definition) is 7. The number of carbonyl (C=O) groups excluding carboxylic acids is 3. The van der Waals surface area contributed by atoms with Gasteiger partial charge in [-0.2, -0.15) is 0 Å². The summed E-state index contributed by atoms with van der Waals surface area (Å²) in [4.78, 5) is 47.7. The molecule has 3 amide bonds. The Morgan fingerprint density at radius 3 is 2.79 bits per heavy atom. The second-order valence-corrected chi connectivity index (χ2v) is 11.9. The number of rotatable bonds is 5. The largest absolute Gasteiger partial charge is 0.377 e. The number of aromatic nitrogens is 2. The standard InChI is InChI=1S/C27H34N6O4S/c1-27(2)12-20-22(24(35)30-27)38-26(29-20)33-7-8-37-14-17(33)9-16-13-32(6)21-18(16)10-15(25(36)31(4)5)11-19(21)23(34)28-3/h10-11,13,17H,7-9,12,14H2,1-6H3,(H,28,34)(H,30,35)/t17-/m0/s1. The molecule has 202 valence electrons. The molecule has 11 heteroatoms. The predicted molar refractivity (Wildman–Crippen MR) is 147 cm³/mol. The van der Waals surface area contributed by atoms with E-state index in [0.717, 1.165) is 27.3 Å². The zero-order chi connectivity index (χ0) is 27.4. The Labute approximate surface area is 225 Å². The summed E-state index contributed by atoms with van der Waals surface area (Å²) in [5, 5.41) is 7.46. The summed E-state index contributed by atoms with van der Waals surface area (Å²) in [6.07, 6.45) is 3.34. The van der Waals surface area contributed by atoms with Crippen LogP contribution in [0.4, 0.5) is 5.13 Å². The first-order valence-electron chi connectivity index (χ1n) is 12.7. The first-order valence-corrected chi connectivity index (χ1v) is 13.5. The zero-order valence-corrected chi connectivity index (χ0v) is 23.5. The summed E-state index contributed by atoms with van der Waals surface area (Å²) in [6, 6.07) is 3.52. The Kier molecular flexibility index (Phi) is 6.68. The lowest BCUT2D eigenvalue weighted by Gasteiger charge is -2.35. The first-order chi connectivity index (χ1) is 18.0. The van der Waals surface area contributed by atoms with Crippen LogP contribution in [0.25, 0.3) is 10.9 Å². The number of nitrogens with one attached hydrogen (secondary N) is 2. The van der Waals surface area contributed by atoms with Crippen molar-refractivity contribution in [2.24, 2.45) is 7.05 Å². The van der Waals surface area contributed by atoms with Crippen molar-refractivity contribution in [3.8, 4) is 0 Å². The molecule has 2 aliphatic heterocycles. The highest BCUT2D eigenvalue weighted by Crippen LogP contribution is 2.35. The van der Waals surface area contributed by atoms with Gasteiger partial charge >= 0.3 is 0 Å². The van der Waals surface area contributed by atoms with Crippen LogP contribution in [0.5, 0.6) is 0 Å². The lowest BCUT2D eigenvalue weighted by molar-refractivity contribution is 0.0826. The molecule has 0 spiro atoms. The van der Waals surface area contributed by atoms with Gasteiger partial charge in [0.1, 0.15) is 4.88 Å². The molecule has 1 atom stereocenters. The molecule has 2 N–H and O–H groups in total. The van der Waals surface area contributed by atoms with E-state index < -0.39 is 0 Å². The van der Waals surface area contributed by atoms with Crippen molar-refractivity contribution in [1.82, 2.24) is 25.1 Å². The topological polar surface area (TPSA) is 109 Å². The highest BCUT2D eigenvalue weighted by Gasteiger charge is 2.35. The second-order valence-electron chi connectivity index (χ2n) is 10.9. The van der Waals surface area contributed by atoms with Gasteiger partial charge in [0.25, 0.3) is 17.7 Å². The molecule has 0 saturated carbocycles. The number of hydrogen-bond donors (Lipinski definition) is 2. The van der Waals surface area contributed by atoms with Gasteiger partial charge < -0.3 is 29.7 Å². The van der Waals surface area contributed by atoms with E-state index in [4.69, 9.17) is 9.72 Å². The van der Waals surface area contributed by atoms with E-state index in [0.29, 0.717) is 48.6 Å². The molecule has 2 aliphatic rings. The Balaban J connectivity index is 1.54. The third kappa shape index (κ3) is 4.64. The quantitative estimate of drug-likeness (QED) is 0.516. The van der Waals surface area contributed by atoms with E-state index in [2.05, 4.69) is 15.5 Å². The van der Waals surface area contributed by atoms with Gasteiger partial charge in [0, 0.05) is 63.8 Å². The summed E-state index contributed by atoms with van der Waals surface area (Å²) in [5.41, 5.74) is 3.24. The number of benzene rings is 1. The summed E-state index contributed by atoms with van der Waals surface area (Å²) in [5.74, 6) is -0.476. The molecule has 4 heterocycles. The first kappa shape index (κ1) is 26.2. The summed E-state index contributed by atoms with van der Waals surface area (Å²) in [7, 11) is 6.90. The fourth-order valence-electron chi connectivity index (χ4n) is 5.40. The van der Waals surface area contributed by atoms with E-state index in [9.17, 15) is 14.4 Å². The lowest BCUT2D eigenvalue weighted by atomic mass is 9.94. The molecule has 0 bridgehead atoms. The van der Waals surface area contributed by atoms with Crippen LogP contribution in [0, 0.1) is 0 Å². The number of fused-ring (bicyclic) bond motifs is 2. The maximum absolute atomic E-state index is 12.9. The van der Waals surface area contributed by atoms with E-state index in [1.807, 2.05) is 37.7 Å². The van der Waals surface area contributed by atoms with E-state index in [1.54, 1.807) is 27.2 Å². The van der Waals surface area contributed by atoms with Crippen molar-refractivity contribution in [2.75, 3.05) is 45.8 Å². The Morgan fingerprint density at radius 2 is 2.08 bits per heavy atom. The summed E-state index contributed by atoms with van der Waals surface area (Å²) in [6.45, 7) is 5.77. The van der Waals surface area contributed by atoms with Gasteiger partial charge in [-0.05, 0) is 38.0 Å². The molecule has 1 aromatic carbocycles. The van der Waals surface area contributed by atoms with E-state index >= 15 is 0 Å². The molecule has 0 aliphatic carbocycles. The van der Waals surface area contributed by atoms with Gasteiger partial charge in [0.2, 0.25) is 0 Å². The lowest BCUT2D eigenvalue weighted by Crippen LogP contribution is -2.48. The minimum Gasteiger partial charge on any atom is -0.377 e. The number of aryl methyl sites for hydroxylation is 1.